The predicted molar refractivity (Wildman–Crippen MR) is 92.4 cm³/mol. The molecule has 0 aliphatic heterocycles. The van der Waals surface area contributed by atoms with Crippen molar-refractivity contribution in [2.75, 3.05) is 11.9 Å². The van der Waals surface area contributed by atoms with Crippen LogP contribution < -0.4 is 5.32 Å². The molecule has 0 fully saturated rings. The highest BCUT2D eigenvalue weighted by Crippen LogP contribution is 2.36. The average Bonchev–Trinajstić information content (AvgIpc) is 2.62. The number of benzene rings is 2. The van der Waals surface area contributed by atoms with Crippen LogP contribution in [0.2, 0.25) is 0 Å². The predicted octanol–water partition coefficient (Wildman–Crippen LogP) is 5.31. The van der Waals surface area contributed by atoms with E-state index in [4.69, 9.17) is 4.74 Å². The molecule has 0 saturated carbocycles. The van der Waals surface area contributed by atoms with Gasteiger partial charge < -0.3 is 10.1 Å². The number of carbonyl (C=O) groups excluding carboxylic acids is 1. The van der Waals surface area contributed by atoms with Gasteiger partial charge >= 0.3 is 12.1 Å². The molecule has 27 heavy (non-hydrogen) atoms. The molecule has 3 rings (SSSR count). The molecule has 0 unspecified atom stereocenters. The lowest BCUT2D eigenvalue weighted by Gasteiger charge is -2.15. The molecule has 0 saturated heterocycles. The Morgan fingerprint density at radius 3 is 2.63 bits per heavy atom. The Morgan fingerprint density at radius 2 is 1.93 bits per heavy atom. The molecule has 0 bridgehead atoms. The molecule has 0 spiro atoms. The lowest BCUT2D eigenvalue weighted by molar-refractivity contribution is -0.136. The van der Waals surface area contributed by atoms with E-state index < -0.39 is 23.5 Å². The lowest BCUT2D eigenvalue weighted by atomic mass is 10.1. The van der Waals surface area contributed by atoms with Crippen LogP contribution in [0.4, 0.5) is 28.9 Å². The number of aromatic nitrogens is 1. The summed E-state index contributed by atoms with van der Waals surface area (Å²) in [6.07, 6.45) is -3.33. The fourth-order valence-electron chi connectivity index (χ4n) is 2.66. The monoisotopic (exact) mass is 378 g/mol. The number of hydrogen-bond donors (Lipinski definition) is 1. The van der Waals surface area contributed by atoms with Crippen molar-refractivity contribution in [3.05, 3.63) is 65.6 Å². The van der Waals surface area contributed by atoms with E-state index >= 15 is 0 Å². The van der Waals surface area contributed by atoms with Gasteiger partial charge in [0.25, 0.3) is 0 Å². The molecular formula is C19H14F4N2O2. The fourth-order valence-corrected chi connectivity index (χ4v) is 2.66. The van der Waals surface area contributed by atoms with Gasteiger partial charge in [-0.3, -0.25) is 4.98 Å². The van der Waals surface area contributed by atoms with Crippen molar-refractivity contribution in [3.8, 4) is 0 Å². The molecule has 0 aliphatic rings. The van der Waals surface area contributed by atoms with Gasteiger partial charge in [0.1, 0.15) is 5.82 Å². The third kappa shape index (κ3) is 3.84. The highest BCUT2D eigenvalue weighted by Gasteiger charge is 2.33. The Hall–Kier alpha value is -3.16. The summed E-state index contributed by atoms with van der Waals surface area (Å²) in [5, 5.41) is 3.10. The number of alkyl halides is 3. The summed E-state index contributed by atoms with van der Waals surface area (Å²) in [5.41, 5.74) is -0.653. The zero-order valence-electron chi connectivity index (χ0n) is 14.1. The first-order valence-corrected chi connectivity index (χ1v) is 8.00. The van der Waals surface area contributed by atoms with Crippen LogP contribution in [0.1, 0.15) is 22.8 Å². The average molecular weight is 378 g/mol. The Labute approximate surface area is 151 Å². The van der Waals surface area contributed by atoms with Gasteiger partial charge in [0, 0.05) is 17.3 Å². The van der Waals surface area contributed by atoms with Crippen LogP contribution in [-0.4, -0.2) is 17.6 Å². The maximum absolute atomic E-state index is 13.6. The molecule has 0 atom stereocenters. The van der Waals surface area contributed by atoms with E-state index in [-0.39, 0.29) is 28.8 Å². The Kier molecular flexibility index (Phi) is 4.98. The number of nitrogens with zero attached hydrogens (tertiary/aromatic N) is 1. The second kappa shape index (κ2) is 7.22. The largest absolute Gasteiger partial charge is 0.462 e. The number of pyridine rings is 1. The third-order valence-corrected chi connectivity index (χ3v) is 3.82. The molecular weight excluding hydrogens is 364 g/mol. The van der Waals surface area contributed by atoms with Crippen LogP contribution in [0.15, 0.2) is 48.7 Å². The van der Waals surface area contributed by atoms with E-state index in [1.54, 1.807) is 6.92 Å². The summed E-state index contributed by atoms with van der Waals surface area (Å²) >= 11 is 0. The van der Waals surface area contributed by atoms with Crippen LogP contribution in [-0.2, 0) is 10.9 Å². The van der Waals surface area contributed by atoms with Crippen molar-refractivity contribution in [1.29, 1.82) is 0 Å². The standard InChI is InChI=1S/C19H14F4N2O2/c1-2-27-18(26)13-10-11(20)6-7-15(13)25-16-8-9-24-17-12(16)4-3-5-14(17)19(21,22)23/h3-10H,2H2,1H3,(H,24,25). The summed E-state index contributed by atoms with van der Waals surface area (Å²) < 4.78 is 58.1. The number of ether oxygens (including phenoxy) is 1. The summed E-state index contributed by atoms with van der Waals surface area (Å²) in [6.45, 7) is 1.71. The topological polar surface area (TPSA) is 51.2 Å². The van der Waals surface area contributed by atoms with Gasteiger partial charge in [0.05, 0.1) is 28.9 Å². The molecule has 0 amide bonds. The number of hydrogen-bond acceptors (Lipinski definition) is 4. The van der Waals surface area contributed by atoms with E-state index in [1.165, 1.54) is 30.5 Å². The number of rotatable bonds is 4. The van der Waals surface area contributed by atoms with Gasteiger partial charge in [0.2, 0.25) is 0 Å². The van der Waals surface area contributed by atoms with E-state index in [9.17, 15) is 22.4 Å². The van der Waals surface area contributed by atoms with Crippen LogP contribution >= 0.6 is 0 Å². The highest BCUT2D eigenvalue weighted by atomic mass is 19.4. The number of nitrogens with one attached hydrogen (secondary N) is 1. The van der Waals surface area contributed by atoms with E-state index in [1.807, 2.05) is 0 Å². The lowest BCUT2D eigenvalue weighted by Crippen LogP contribution is -2.09. The number of para-hydroxylation sites is 1. The van der Waals surface area contributed by atoms with E-state index in [0.29, 0.717) is 5.69 Å². The molecule has 3 aromatic rings. The number of esters is 1. The van der Waals surface area contributed by atoms with E-state index in [0.717, 1.165) is 18.2 Å². The minimum atomic E-state index is -4.56. The van der Waals surface area contributed by atoms with Crippen molar-refractivity contribution >= 4 is 28.2 Å². The highest BCUT2D eigenvalue weighted by molar-refractivity contribution is 6.00. The van der Waals surface area contributed by atoms with Gasteiger partial charge in [-0.25, -0.2) is 9.18 Å². The first-order valence-electron chi connectivity index (χ1n) is 8.00. The van der Waals surface area contributed by atoms with Gasteiger partial charge in [-0.1, -0.05) is 12.1 Å². The quantitative estimate of drug-likeness (QED) is 0.494. The molecule has 1 heterocycles. The molecule has 1 aromatic heterocycles. The number of carbonyl (C=O) groups is 1. The zero-order valence-corrected chi connectivity index (χ0v) is 14.1. The van der Waals surface area contributed by atoms with Gasteiger partial charge in [0.15, 0.2) is 0 Å². The van der Waals surface area contributed by atoms with Gasteiger partial charge in [-0.05, 0) is 37.3 Å². The fraction of sp³-hybridized carbons (Fsp3) is 0.158. The molecule has 4 nitrogen and oxygen atoms in total. The summed E-state index contributed by atoms with van der Waals surface area (Å²) in [4.78, 5) is 15.9. The smallest absolute Gasteiger partial charge is 0.418 e. The second-order valence-corrected chi connectivity index (χ2v) is 5.59. The minimum Gasteiger partial charge on any atom is -0.462 e. The second-order valence-electron chi connectivity index (χ2n) is 5.59. The Bertz CT molecular complexity index is 1000. The van der Waals surface area contributed by atoms with Crippen LogP contribution in [0.3, 0.4) is 0 Å². The SMILES string of the molecule is CCOC(=O)c1cc(F)ccc1Nc1ccnc2c(C(F)(F)F)cccc12. The Morgan fingerprint density at radius 1 is 1.15 bits per heavy atom. The first-order chi connectivity index (χ1) is 12.8. The summed E-state index contributed by atoms with van der Waals surface area (Å²) in [7, 11) is 0. The molecule has 2 aromatic carbocycles. The molecule has 0 radical (unpaired) electrons. The molecule has 1 N–H and O–H groups in total. The number of anilines is 2. The summed E-state index contributed by atoms with van der Waals surface area (Å²) in [6, 6.07) is 8.63. The summed E-state index contributed by atoms with van der Waals surface area (Å²) in [5.74, 6) is -1.38. The Balaban J connectivity index is 2.10. The van der Waals surface area contributed by atoms with Crippen molar-refractivity contribution in [2.24, 2.45) is 0 Å². The van der Waals surface area contributed by atoms with Crippen LogP contribution in [0, 0.1) is 5.82 Å². The van der Waals surface area contributed by atoms with Crippen LogP contribution in [0.25, 0.3) is 10.9 Å². The zero-order chi connectivity index (χ0) is 19.6. The van der Waals surface area contributed by atoms with Gasteiger partial charge in [-0.15, -0.1) is 0 Å². The number of halogens is 4. The van der Waals surface area contributed by atoms with Crippen molar-refractivity contribution < 1.29 is 27.1 Å². The maximum atomic E-state index is 13.6. The molecule has 8 heteroatoms. The normalized spacial score (nSPS) is 11.4. The first kappa shape index (κ1) is 18.6. The maximum Gasteiger partial charge on any atom is 0.418 e. The number of fused-ring (bicyclic) bond motifs is 1. The van der Waals surface area contributed by atoms with Crippen molar-refractivity contribution in [1.82, 2.24) is 4.98 Å². The van der Waals surface area contributed by atoms with Crippen LogP contribution in [0.5, 0.6) is 0 Å². The van der Waals surface area contributed by atoms with E-state index in [2.05, 4.69) is 10.3 Å². The molecule has 0 aliphatic carbocycles. The van der Waals surface area contributed by atoms with Crippen molar-refractivity contribution in [3.63, 3.8) is 0 Å². The third-order valence-electron chi connectivity index (χ3n) is 3.82. The minimum absolute atomic E-state index is 0.0613. The van der Waals surface area contributed by atoms with Crippen molar-refractivity contribution in [2.45, 2.75) is 13.1 Å². The van der Waals surface area contributed by atoms with Gasteiger partial charge in [-0.2, -0.15) is 13.2 Å². The molecule has 140 valence electrons.